The van der Waals surface area contributed by atoms with Crippen molar-refractivity contribution in [1.29, 1.82) is 0 Å². The number of carbonyl (C=O) groups is 1. The van der Waals surface area contributed by atoms with Crippen LogP contribution in [0, 0.1) is 5.82 Å². The highest BCUT2D eigenvalue weighted by atomic mass is 19.1. The quantitative estimate of drug-likeness (QED) is 0.754. The second-order valence-electron chi connectivity index (χ2n) is 6.99. The van der Waals surface area contributed by atoms with E-state index >= 15 is 0 Å². The van der Waals surface area contributed by atoms with Gasteiger partial charge in [0.15, 0.2) is 5.82 Å². The Hall–Kier alpha value is -2.32. The van der Waals surface area contributed by atoms with Gasteiger partial charge in [-0.25, -0.2) is 4.39 Å². The fourth-order valence-electron chi connectivity index (χ4n) is 3.53. The molecule has 7 nitrogen and oxygen atoms in total. The Bertz CT molecular complexity index is 762. The maximum absolute atomic E-state index is 12.9. The Balaban J connectivity index is 1.46. The number of benzene rings is 1. The first-order valence-corrected chi connectivity index (χ1v) is 9.29. The van der Waals surface area contributed by atoms with Gasteiger partial charge in [-0.05, 0) is 43.5 Å². The van der Waals surface area contributed by atoms with Crippen molar-refractivity contribution in [3.8, 4) is 0 Å². The third-order valence-electron chi connectivity index (χ3n) is 5.03. The highest BCUT2D eigenvalue weighted by molar-refractivity contribution is 5.78. The molecule has 2 heterocycles. The topological polar surface area (TPSA) is 83.3 Å². The van der Waals surface area contributed by atoms with Crippen molar-refractivity contribution < 1.29 is 14.3 Å². The van der Waals surface area contributed by atoms with Gasteiger partial charge in [0.1, 0.15) is 18.2 Å². The van der Waals surface area contributed by atoms with Crippen LogP contribution in [-0.4, -0.2) is 56.9 Å². The first kappa shape index (κ1) is 19.4. The summed E-state index contributed by atoms with van der Waals surface area (Å²) in [7, 11) is 1.86. The van der Waals surface area contributed by atoms with Gasteiger partial charge in [0, 0.05) is 26.1 Å². The molecule has 0 saturated carbocycles. The number of aliphatic hydroxyl groups is 1. The van der Waals surface area contributed by atoms with Crippen molar-refractivity contribution in [2.75, 3.05) is 26.2 Å². The molecule has 0 spiro atoms. The summed E-state index contributed by atoms with van der Waals surface area (Å²) in [5.74, 6) is 1.37. The molecule has 0 unspecified atom stereocenters. The Morgan fingerprint density at radius 3 is 2.81 bits per heavy atom. The maximum Gasteiger partial charge on any atom is 0.234 e. The van der Waals surface area contributed by atoms with Crippen molar-refractivity contribution in [3.63, 3.8) is 0 Å². The van der Waals surface area contributed by atoms with Gasteiger partial charge in [-0.2, -0.15) is 0 Å². The number of amides is 1. The summed E-state index contributed by atoms with van der Waals surface area (Å²) in [6, 6.07) is 6.33. The van der Waals surface area contributed by atoms with Gasteiger partial charge >= 0.3 is 0 Å². The van der Waals surface area contributed by atoms with Crippen LogP contribution >= 0.6 is 0 Å². The Morgan fingerprint density at radius 1 is 1.33 bits per heavy atom. The molecule has 1 saturated heterocycles. The highest BCUT2D eigenvalue weighted by Crippen LogP contribution is 2.25. The highest BCUT2D eigenvalue weighted by Gasteiger charge is 2.26. The molecule has 1 aliphatic rings. The van der Waals surface area contributed by atoms with Gasteiger partial charge in [-0.15, -0.1) is 10.2 Å². The molecule has 2 N–H and O–H groups in total. The molecule has 1 aliphatic heterocycles. The Kier molecular flexibility index (Phi) is 6.52. The molecule has 1 atom stereocenters. The summed E-state index contributed by atoms with van der Waals surface area (Å²) in [5, 5.41) is 20.4. The average Bonchev–Trinajstić information content (AvgIpc) is 3.04. The second kappa shape index (κ2) is 9.05. The number of halogens is 1. The molecule has 1 aromatic heterocycles. The first-order chi connectivity index (χ1) is 13.1. The fourth-order valence-corrected chi connectivity index (χ4v) is 3.53. The van der Waals surface area contributed by atoms with Crippen molar-refractivity contribution in [2.24, 2.45) is 7.05 Å². The largest absolute Gasteiger partial charge is 0.388 e. The lowest BCUT2D eigenvalue weighted by atomic mass is 9.97. The number of carbonyl (C=O) groups excluding carboxylic acids is 1. The van der Waals surface area contributed by atoms with Crippen molar-refractivity contribution in [3.05, 3.63) is 47.3 Å². The SMILES string of the molecule is Cn1c(CO)nnc1[C@@H]1CCCN(CC(=O)NCCc2ccc(F)cc2)C1. The summed E-state index contributed by atoms with van der Waals surface area (Å²) in [6.07, 6.45) is 2.67. The third kappa shape index (κ3) is 5.11. The Labute approximate surface area is 158 Å². The van der Waals surface area contributed by atoms with Crippen LogP contribution in [0.1, 0.15) is 36.0 Å². The van der Waals surface area contributed by atoms with Gasteiger partial charge in [0.05, 0.1) is 6.54 Å². The Morgan fingerprint density at radius 2 is 2.11 bits per heavy atom. The van der Waals surface area contributed by atoms with Gasteiger partial charge in [0.2, 0.25) is 5.91 Å². The number of nitrogens with zero attached hydrogens (tertiary/aromatic N) is 4. The van der Waals surface area contributed by atoms with E-state index in [1.807, 2.05) is 11.6 Å². The number of hydrogen-bond donors (Lipinski definition) is 2. The zero-order valence-electron chi connectivity index (χ0n) is 15.6. The van der Waals surface area contributed by atoms with Crippen molar-refractivity contribution in [1.82, 2.24) is 25.0 Å². The zero-order valence-corrected chi connectivity index (χ0v) is 15.6. The first-order valence-electron chi connectivity index (χ1n) is 9.29. The minimum atomic E-state index is -0.253. The average molecular weight is 375 g/mol. The van der Waals surface area contributed by atoms with Crippen molar-refractivity contribution >= 4 is 5.91 Å². The predicted octanol–water partition coefficient (Wildman–Crippen LogP) is 0.985. The van der Waals surface area contributed by atoms with Gasteiger partial charge in [-0.1, -0.05) is 12.1 Å². The minimum Gasteiger partial charge on any atom is -0.388 e. The molecule has 146 valence electrons. The monoisotopic (exact) mass is 375 g/mol. The molecule has 0 bridgehead atoms. The summed E-state index contributed by atoms with van der Waals surface area (Å²) >= 11 is 0. The van der Waals surface area contributed by atoms with E-state index in [-0.39, 0.29) is 24.2 Å². The number of aliphatic hydroxyl groups excluding tert-OH is 1. The van der Waals surface area contributed by atoms with E-state index in [1.54, 1.807) is 12.1 Å². The molecule has 1 fully saturated rings. The summed E-state index contributed by atoms with van der Waals surface area (Å²) in [4.78, 5) is 14.4. The predicted molar refractivity (Wildman–Crippen MR) is 98.5 cm³/mol. The van der Waals surface area contributed by atoms with E-state index in [1.165, 1.54) is 12.1 Å². The van der Waals surface area contributed by atoms with Gasteiger partial charge in [-0.3, -0.25) is 9.69 Å². The van der Waals surface area contributed by atoms with Gasteiger partial charge < -0.3 is 15.0 Å². The second-order valence-corrected chi connectivity index (χ2v) is 6.99. The molecule has 3 rings (SSSR count). The van der Waals surface area contributed by atoms with Crippen LogP contribution in [0.4, 0.5) is 4.39 Å². The molecule has 0 radical (unpaired) electrons. The molecule has 1 amide bonds. The van der Waals surface area contributed by atoms with E-state index in [0.717, 1.165) is 37.3 Å². The van der Waals surface area contributed by atoms with Crippen molar-refractivity contribution in [2.45, 2.75) is 31.8 Å². The van der Waals surface area contributed by atoms with Crippen LogP contribution in [0.3, 0.4) is 0 Å². The lowest BCUT2D eigenvalue weighted by Gasteiger charge is -2.31. The molecule has 2 aromatic rings. The number of likely N-dealkylation sites (tertiary alicyclic amines) is 1. The third-order valence-corrected chi connectivity index (χ3v) is 5.03. The van der Waals surface area contributed by atoms with Crippen LogP contribution in [0.2, 0.25) is 0 Å². The van der Waals surface area contributed by atoms with Crippen LogP contribution < -0.4 is 5.32 Å². The molecular formula is C19H26FN5O2. The van der Waals surface area contributed by atoms with Crippen LogP contribution in [0.5, 0.6) is 0 Å². The standard InChI is InChI=1S/C19H26FN5O2/c1-24-17(13-26)22-23-19(24)15-3-2-10-25(11-15)12-18(27)21-9-8-14-4-6-16(20)7-5-14/h4-7,15,26H,2-3,8-13H2,1H3,(H,21,27)/t15-/m1/s1. The molecule has 8 heteroatoms. The lowest BCUT2D eigenvalue weighted by Crippen LogP contribution is -2.42. The van der Waals surface area contributed by atoms with Gasteiger partial charge in [0.25, 0.3) is 0 Å². The smallest absolute Gasteiger partial charge is 0.234 e. The molecular weight excluding hydrogens is 349 g/mol. The molecule has 1 aromatic carbocycles. The maximum atomic E-state index is 12.9. The van der Waals surface area contributed by atoms with E-state index in [2.05, 4.69) is 20.4 Å². The summed E-state index contributed by atoms with van der Waals surface area (Å²) in [6.45, 7) is 2.39. The van der Waals surface area contributed by atoms with Crippen LogP contribution in [-0.2, 0) is 24.9 Å². The number of hydrogen-bond acceptors (Lipinski definition) is 5. The molecule has 0 aliphatic carbocycles. The number of rotatable bonds is 7. The van der Waals surface area contributed by atoms with E-state index < -0.39 is 0 Å². The molecule has 27 heavy (non-hydrogen) atoms. The van der Waals surface area contributed by atoms with Crippen LogP contribution in [0.15, 0.2) is 24.3 Å². The fraction of sp³-hybridized carbons (Fsp3) is 0.526. The minimum absolute atomic E-state index is 0.00762. The summed E-state index contributed by atoms with van der Waals surface area (Å²) in [5.41, 5.74) is 0.997. The zero-order chi connectivity index (χ0) is 19.2. The lowest BCUT2D eigenvalue weighted by molar-refractivity contribution is -0.122. The number of piperidine rings is 1. The normalized spacial score (nSPS) is 17.8. The number of aromatic nitrogens is 3. The number of nitrogens with one attached hydrogen (secondary N) is 1. The van der Waals surface area contributed by atoms with Crippen LogP contribution in [0.25, 0.3) is 0 Å². The van der Waals surface area contributed by atoms with E-state index in [4.69, 9.17) is 0 Å². The summed E-state index contributed by atoms with van der Waals surface area (Å²) < 4.78 is 14.7. The van der Waals surface area contributed by atoms with E-state index in [0.29, 0.717) is 25.3 Å². The van der Waals surface area contributed by atoms with E-state index in [9.17, 15) is 14.3 Å².